The lowest BCUT2D eigenvalue weighted by atomic mass is 10.0. The van der Waals surface area contributed by atoms with E-state index in [-0.39, 0.29) is 0 Å². The number of likely N-dealkylation sites (N-methyl/N-ethyl adjacent to an activating group) is 1. The van der Waals surface area contributed by atoms with Crippen LogP contribution < -0.4 is 10.1 Å². The summed E-state index contributed by atoms with van der Waals surface area (Å²) in [6.45, 7) is 13.8. The molecular weight excluding hydrogens is 260 g/mol. The number of hydrogen-bond acceptors (Lipinski definition) is 3. The molecule has 0 saturated heterocycles. The quantitative estimate of drug-likeness (QED) is 0.670. The van der Waals surface area contributed by atoms with E-state index < -0.39 is 0 Å². The third-order valence-corrected chi connectivity index (χ3v) is 3.90. The minimum atomic E-state index is 0.384. The first-order chi connectivity index (χ1) is 10.3. The highest BCUT2D eigenvalue weighted by Crippen LogP contribution is 2.27. The van der Waals surface area contributed by atoms with Crippen molar-refractivity contribution < 1.29 is 4.74 Å². The Balaban J connectivity index is 2.65. The van der Waals surface area contributed by atoms with E-state index in [1.165, 1.54) is 5.56 Å². The second-order valence-electron chi connectivity index (χ2n) is 5.33. The van der Waals surface area contributed by atoms with Gasteiger partial charge in [0, 0.05) is 18.2 Å². The molecular formula is C18H32N2O. The number of hydrogen-bond donors (Lipinski definition) is 1. The first-order valence-corrected chi connectivity index (χ1v) is 8.44. The van der Waals surface area contributed by atoms with Crippen LogP contribution in [0.4, 0.5) is 0 Å². The van der Waals surface area contributed by atoms with Crippen LogP contribution in [0.5, 0.6) is 5.75 Å². The molecule has 120 valence electrons. The van der Waals surface area contributed by atoms with Crippen molar-refractivity contribution in [3.05, 3.63) is 29.8 Å². The molecule has 0 saturated carbocycles. The Hall–Kier alpha value is -1.06. The molecule has 1 atom stereocenters. The third kappa shape index (κ3) is 6.06. The molecule has 0 amide bonds. The minimum absolute atomic E-state index is 0.384. The van der Waals surface area contributed by atoms with Gasteiger partial charge in [0.1, 0.15) is 12.4 Å². The van der Waals surface area contributed by atoms with Crippen LogP contribution in [0.3, 0.4) is 0 Å². The normalized spacial score (nSPS) is 12.6. The maximum Gasteiger partial charge on any atom is 0.124 e. The number of para-hydroxylation sites is 1. The lowest BCUT2D eigenvalue weighted by Gasteiger charge is -2.22. The first-order valence-electron chi connectivity index (χ1n) is 8.44. The molecule has 1 aromatic carbocycles. The maximum absolute atomic E-state index is 6.05. The molecule has 1 aromatic rings. The van der Waals surface area contributed by atoms with E-state index in [0.717, 1.165) is 51.4 Å². The molecule has 1 unspecified atom stereocenters. The van der Waals surface area contributed by atoms with Gasteiger partial charge in [0.05, 0.1) is 0 Å². The van der Waals surface area contributed by atoms with Crippen LogP contribution in [-0.2, 0) is 0 Å². The van der Waals surface area contributed by atoms with Gasteiger partial charge in [-0.3, -0.25) is 0 Å². The van der Waals surface area contributed by atoms with Crippen molar-refractivity contribution in [3.63, 3.8) is 0 Å². The molecule has 1 rings (SSSR count). The fourth-order valence-electron chi connectivity index (χ4n) is 2.52. The Morgan fingerprint density at radius 1 is 1.10 bits per heavy atom. The van der Waals surface area contributed by atoms with Gasteiger partial charge in [-0.1, -0.05) is 45.9 Å². The van der Waals surface area contributed by atoms with E-state index in [4.69, 9.17) is 4.74 Å². The molecule has 0 bridgehead atoms. The zero-order chi connectivity index (χ0) is 15.5. The van der Waals surface area contributed by atoms with Gasteiger partial charge < -0.3 is 15.0 Å². The second kappa shape index (κ2) is 10.6. The molecule has 1 N–H and O–H groups in total. The molecule has 3 nitrogen and oxygen atoms in total. The van der Waals surface area contributed by atoms with Gasteiger partial charge in [0.2, 0.25) is 0 Å². The van der Waals surface area contributed by atoms with E-state index in [1.807, 2.05) is 0 Å². The van der Waals surface area contributed by atoms with Crippen molar-refractivity contribution in [2.75, 3.05) is 32.8 Å². The van der Waals surface area contributed by atoms with E-state index in [9.17, 15) is 0 Å². The predicted molar refractivity (Wildman–Crippen MR) is 91.1 cm³/mol. The first kappa shape index (κ1) is 18.0. The van der Waals surface area contributed by atoms with Crippen molar-refractivity contribution in [3.8, 4) is 5.75 Å². The van der Waals surface area contributed by atoms with Crippen molar-refractivity contribution in [1.82, 2.24) is 10.2 Å². The summed E-state index contributed by atoms with van der Waals surface area (Å²) in [7, 11) is 0. The topological polar surface area (TPSA) is 24.5 Å². The molecule has 0 fully saturated rings. The molecule has 0 heterocycles. The number of benzene rings is 1. The van der Waals surface area contributed by atoms with Gasteiger partial charge in [-0.15, -0.1) is 0 Å². The number of nitrogens with one attached hydrogen (secondary N) is 1. The van der Waals surface area contributed by atoms with Gasteiger partial charge in [-0.2, -0.15) is 0 Å². The van der Waals surface area contributed by atoms with Crippen molar-refractivity contribution in [2.24, 2.45) is 0 Å². The van der Waals surface area contributed by atoms with Gasteiger partial charge in [0.15, 0.2) is 0 Å². The van der Waals surface area contributed by atoms with Crippen molar-refractivity contribution in [2.45, 2.75) is 46.6 Å². The Morgan fingerprint density at radius 2 is 1.81 bits per heavy atom. The van der Waals surface area contributed by atoms with Gasteiger partial charge in [-0.05, 0) is 38.5 Å². The lowest BCUT2D eigenvalue weighted by Crippen LogP contribution is -2.28. The summed E-state index contributed by atoms with van der Waals surface area (Å²) in [5, 5.41) is 3.61. The monoisotopic (exact) mass is 292 g/mol. The molecule has 21 heavy (non-hydrogen) atoms. The highest BCUT2D eigenvalue weighted by Gasteiger charge is 2.13. The second-order valence-corrected chi connectivity index (χ2v) is 5.33. The molecule has 0 spiro atoms. The number of rotatable bonds is 11. The highest BCUT2D eigenvalue weighted by molar-refractivity contribution is 5.35. The summed E-state index contributed by atoms with van der Waals surface area (Å²) in [5.74, 6) is 1.03. The Kier molecular flexibility index (Phi) is 9.11. The standard InChI is InChI=1S/C18H32N2O/c1-5-13-19-17(6-2)16-11-9-10-12-18(16)21-15-14-20(7-3)8-4/h9-12,17,19H,5-8,13-15H2,1-4H3. The smallest absolute Gasteiger partial charge is 0.124 e. The van der Waals surface area contributed by atoms with Crippen molar-refractivity contribution in [1.29, 1.82) is 0 Å². The maximum atomic E-state index is 6.05. The van der Waals surface area contributed by atoms with E-state index >= 15 is 0 Å². The SMILES string of the molecule is CCCNC(CC)c1ccccc1OCCN(CC)CC. The zero-order valence-electron chi connectivity index (χ0n) is 14.2. The summed E-state index contributed by atoms with van der Waals surface area (Å²) >= 11 is 0. The van der Waals surface area contributed by atoms with Crippen LogP contribution in [-0.4, -0.2) is 37.7 Å². The van der Waals surface area contributed by atoms with E-state index in [0.29, 0.717) is 6.04 Å². The fraction of sp³-hybridized carbons (Fsp3) is 0.667. The summed E-state index contributed by atoms with van der Waals surface area (Å²) in [5.41, 5.74) is 1.29. The van der Waals surface area contributed by atoms with Gasteiger partial charge >= 0.3 is 0 Å². The predicted octanol–water partition coefficient (Wildman–Crippen LogP) is 3.86. The van der Waals surface area contributed by atoms with Crippen LogP contribution in [0.1, 0.15) is 52.1 Å². The molecule has 0 aliphatic carbocycles. The molecule has 0 radical (unpaired) electrons. The van der Waals surface area contributed by atoms with Crippen LogP contribution in [0.15, 0.2) is 24.3 Å². The van der Waals surface area contributed by atoms with Crippen LogP contribution in [0.25, 0.3) is 0 Å². The van der Waals surface area contributed by atoms with Gasteiger partial charge in [0.25, 0.3) is 0 Å². The zero-order valence-corrected chi connectivity index (χ0v) is 14.2. The lowest BCUT2D eigenvalue weighted by molar-refractivity contribution is 0.220. The summed E-state index contributed by atoms with van der Waals surface area (Å²) < 4.78 is 6.05. The van der Waals surface area contributed by atoms with Crippen LogP contribution in [0, 0.1) is 0 Å². The average Bonchev–Trinajstić information content (AvgIpc) is 2.53. The van der Waals surface area contributed by atoms with Crippen LogP contribution in [0.2, 0.25) is 0 Å². The summed E-state index contributed by atoms with van der Waals surface area (Å²) in [6.07, 6.45) is 2.23. The molecule has 0 aliphatic heterocycles. The highest BCUT2D eigenvalue weighted by atomic mass is 16.5. The number of ether oxygens (including phenoxy) is 1. The van der Waals surface area contributed by atoms with Gasteiger partial charge in [-0.25, -0.2) is 0 Å². The minimum Gasteiger partial charge on any atom is -0.492 e. The Morgan fingerprint density at radius 3 is 2.43 bits per heavy atom. The van der Waals surface area contributed by atoms with Crippen LogP contribution >= 0.6 is 0 Å². The Bertz CT molecular complexity index is 377. The summed E-state index contributed by atoms with van der Waals surface area (Å²) in [4.78, 5) is 2.38. The summed E-state index contributed by atoms with van der Waals surface area (Å²) in [6, 6.07) is 8.82. The van der Waals surface area contributed by atoms with E-state index in [2.05, 4.69) is 62.2 Å². The Labute approximate surface area is 130 Å². The average molecular weight is 292 g/mol. The largest absolute Gasteiger partial charge is 0.492 e. The number of nitrogens with zero attached hydrogens (tertiary/aromatic N) is 1. The van der Waals surface area contributed by atoms with Crippen molar-refractivity contribution >= 4 is 0 Å². The molecule has 3 heteroatoms. The third-order valence-electron chi connectivity index (χ3n) is 3.90. The van der Waals surface area contributed by atoms with E-state index in [1.54, 1.807) is 0 Å². The molecule has 0 aliphatic rings. The fourth-order valence-corrected chi connectivity index (χ4v) is 2.52. The molecule has 0 aromatic heterocycles.